The first-order chi connectivity index (χ1) is 12.8. The van der Waals surface area contributed by atoms with Crippen molar-refractivity contribution in [1.82, 2.24) is 14.8 Å². The van der Waals surface area contributed by atoms with Crippen LogP contribution in [-0.2, 0) is 0 Å². The first kappa shape index (κ1) is 14.7. The Morgan fingerprint density at radius 2 is 1.77 bits per heavy atom. The van der Waals surface area contributed by atoms with Crippen molar-refractivity contribution >= 4 is 10.9 Å². The number of aromatic nitrogens is 3. The molecule has 0 N–H and O–H groups in total. The smallest absolute Gasteiger partial charge is 0.280 e. The van der Waals surface area contributed by atoms with Gasteiger partial charge in [0, 0.05) is 11.8 Å². The Bertz CT molecular complexity index is 1190. The number of fused-ring (bicyclic) bond motifs is 2. The molecule has 6 nitrogen and oxygen atoms in total. The van der Waals surface area contributed by atoms with Crippen molar-refractivity contribution in [3.8, 4) is 28.4 Å². The van der Waals surface area contributed by atoms with Crippen LogP contribution in [0, 0.1) is 0 Å². The molecule has 5 rings (SSSR count). The zero-order valence-electron chi connectivity index (χ0n) is 13.6. The van der Waals surface area contributed by atoms with Crippen molar-refractivity contribution in [3.05, 3.63) is 77.2 Å². The zero-order valence-corrected chi connectivity index (χ0v) is 13.6. The predicted octanol–water partition coefficient (Wildman–Crippen LogP) is 3.18. The van der Waals surface area contributed by atoms with Gasteiger partial charge >= 0.3 is 0 Å². The van der Waals surface area contributed by atoms with E-state index in [0.717, 1.165) is 5.56 Å². The Hall–Kier alpha value is -3.67. The van der Waals surface area contributed by atoms with E-state index in [1.54, 1.807) is 18.3 Å². The van der Waals surface area contributed by atoms with Gasteiger partial charge in [0.15, 0.2) is 11.5 Å². The Morgan fingerprint density at radius 1 is 0.923 bits per heavy atom. The highest BCUT2D eigenvalue weighted by atomic mass is 16.7. The van der Waals surface area contributed by atoms with Gasteiger partial charge in [-0.1, -0.05) is 18.2 Å². The van der Waals surface area contributed by atoms with E-state index in [1.165, 1.54) is 4.68 Å². The van der Waals surface area contributed by atoms with E-state index in [-0.39, 0.29) is 12.4 Å². The molecule has 1 aliphatic rings. The molecule has 4 aromatic rings. The lowest BCUT2D eigenvalue weighted by atomic mass is 10.1. The SMILES string of the molecule is O=c1c2cccnc2c(-c2ccc3c(c2)OCO3)nn1-c1ccccc1. The molecule has 0 saturated heterocycles. The Balaban J connectivity index is 1.82. The van der Waals surface area contributed by atoms with Crippen molar-refractivity contribution in [2.45, 2.75) is 0 Å². The molecule has 6 heteroatoms. The lowest BCUT2D eigenvalue weighted by Crippen LogP contribution is -2.22. The van der Waals surface area contributed by atoms with Crippen LogP contribution in [0.4, 0.5) is 0 Å². The average molecular weight is 343 g/mol. The normalized spacial score (nSPS) is 12.5. The Morgan fingerprint density at radius 3 is 2.65 bits per heavy atom. The molecule has 0 unspecified atom stereocenters. The predicted molar refractivity (Wildman–Crippen MR) is 96.7 cm³/mol. The van der Waals surface area contributed by atoms with Crippen molar-refractivity contribution in [1.29, 1.82) is 0 Å². The molecule has 0 spiro atoms. The molecule has 0 radical (unpaired) electrons. The van der Waals surface area contributed by atoms with Crippen LogP contribution in [-0.4, -0.2) is 21.6 Å². The van der Waals surface area contributed by atoms with Crippen LogP contribution >= 0.6 is 0 Å². The molecule has 0 saturated carbocycles. The summed E-state index contributed by atoms with van der Waals surface area (Å²) in [7, 11) is 0. The van der Waals surface area contributed by atoms with E-state index in [2.05, 4.69) is 10.1 Å². The second-order valence-corrected chi connectivity index (χ2v) is 5.87. The largest absolute Gasteiger partial charge is 0.454 e. The molecular formula is C20H13N3O3. The first-order valence-corrected chi connectivity index (χ1v) is 8.15. The maximum atomic E-state index is 12.9. The van der Waals surface area contributed by atoms with Crippen LogP contribution < -0.4 is 15.0 Å². The van der Waals surface area contributed by atoms with E-state index in [0.29, 0.717) is 33.8 Å². The minimum atomic E-state index is -0.205. The van der Waals surface area contributed by atoms with Gasteiger partial charge in [-0.25, -0.2) is 0 Å². The van der Waals surface area contributed by atoms with Gasteiger partial charge in [-0.3, -0.25) is 9.78 Å². The van der Waals surface area contributed by atoms with Gasteiger partial charge in [-0.15, -0.1) is 0 Å². The van der Waals surface area contributed by atoms with Crippen molar-refractivity contribution in [2.75, 3.05) is 6.79 Å². The Kier molecular flexibility index (Phi) is 3.21. The molecule has 0 aliphatic carbocycles. The summed E-state index contributed by atoms with van der Waals surface area (Å²) in [5.74, 6) is 1.35. The minimum absolute atomic E-state index is 0.203. The van der Waals surface area contributed by atoms with Crippen molar-refractivity contribution in [2.24, 2.45) is 0 Å². The highest BCUT2D eigenvalue weighted by molar-refractivity contribution is 5.91. The number of ether oxygens (including phenoxy) is 2. The quantitative estimate of drug-likeness (QED) is 0.559. The molecule has 0 fully saturated rings. The summed E-state index contributed by atoms with van der Waals surface area (Å²) in [5, 5.41) is 5.12. The molecule has 26 heavy (non-hydrogen) atoms. The summed E-state index contributed by atoms with van der Waals surface area (Å²) in [6, 6.07) is 18.4. The summed E-state index contributed by atoms with van der Waals surface area (Å²) < 4.78 is 12.3. The fourth-order valence-corrected chi connectivity index (χ4v) is 3.06. The number of hydrogen-bond donors (Lipinski definition) is 0. The molecule has 126 valence electrons. The van der Waals surface area contributed by atoms with Gasteiger partial charge in [-0.05, 0) is 42.5 Å². The molecule has 0 atom stereocenters. The second kappa shape index (κ2) is 5.70. The van der Waals surface area contributed by atoms with E-state index < -0.39 is 0 Å². The van der Waals surface area contributed by atoms with Crippen LogP contribution in [0.1, 0.15) is 0 Å². The number of pyridine rings is 1. The van der Waals surface area contributed by atoms with E-state index in [1.807, 2.05) is 48.5 Å². The third-order valence-corrected chi connectivity index (χ3v) is 4.30. The summed E-state index contributed by atoms with van der Waals surface area (Å²) >= 11 is 0. The Labute approximate surface area is 148 Å². The maximum Gasteiger partial charge on any atom is 0.280 e. The number of para-hydroxylation sites is 1. The van der Waals surface area contributed by atoms with Gasteiger partial charge in [0.25, 0.3) is 5.56 Å². The highest BCUT2D eigenvalue weighted by Crippen LogP contribution is 2.36. The van der Waals surface area contributed by atoms with Crippen LogP contribution in [0.2, 0.25) is 0 Å². The van der Waals surface area contributed by atoms with E-state index in [9.17, 15) is 4.79 Å². The zero-order chi connectivity index (χ0) is 17.5. The van der Waals surface area contributed by atoms with Gasteiger partial charge in [0.1, 0.15) is 11.2 Å². The molecule has 3 heterocycles. The van der Waals surface area contributed by atoms with Crippen LogP contribution in [0.15, 0.2) is 71.7 Å². The van der Waals surface area contributed by atoms with Crippen molar-refractivity contribution < 1.29 is 9.47 Å². The summed E-state index contributed by atoms with van der Waals surface area (Å²) in [6.45, 7) is 0.203. The number of nitrogens with zero attached hydrogens (tertiary/aromatic N) is 3. The molecule has 1 aliphatic heterocycles. The average Bonchev–Trinajstić information content (AvgIpc) is 3.17. The lowest BCUT2D eigenvalue weighted by molar-refractivity contribution is 0.174. The molecule has 0 bridgehead atoms. The molecular weight excluding hydrogens is 330 g/mol. The molecule has 0 amide bonds. The third kappa shape index (κ3) is 2.23. The molecule has 2 aromatic heterocycles. The third-order valence-electron chi connectivity index (χ3n) is 4.30. The van der Waals surface area contributed by atoms with E-state index in [4.69, 9.17) is 9.47 Å². The summed E-state index contributed by atoms with van der Waals surface area (Å²) in [5.41, 5.74) is 2.47. The number of hydrogen-bond acceptors (Lipinski definition) is 5. The minimum Gasteiger partial charge on any atom is -0.454 e. The first-order valence-electron chi connectivity index (χ1n) is 8.15. The maximum absolute atomic E-state index is 12.9. The monoisotopic (exact) mass is 343 g/mol. The van der Waals surface area contributed by atoms with Crippen LogP contribution in [0.5, 0.6) is 11.5 Å². The standard InChI is InChI=1S/C20H13N3O3/c24-20-15-7-4-10-21-19(15)18(22-23(20)14-5-2-1-3-6-14)13-8-9-16-17(11-13)26-12-25-16/h1-11H,12H2. The van der Waals surface area contributed by atoms with Gasteiger partial charge in [0.2, 0.25) is 6.79 Å². The topological polar surface area (TPSA) is 66.2 Å². The van der Waals surface area contributed by atoms with Gasteiger partial charge < -0.3 is 9.47 Å². The number of rotatable bonds is 2. The fraction of sp³-hybridized carbons (Fsp3) is 0.0500. The molecule has 2 aromatic carbocycles. The number of benzene rings is 2. The van der Waals surface area contributed by atoms with Gasteiger partial charge in [0.05, 0.1) is 11.1 Å². The summed E-state index contributed by atoms with van der Waals surface area (Å²) in [4.78, 5) is 17.3. The van der Waals surface area contributed by atoms with Crippen molar-refractivity contribution in [3.63, 3.8) is 0 Å². The van der Waals surface area contributed by atoms with Crippen LogP contribution in [0.25, 0.3) is 27.8 Å². The fourth-order valence-electron chi connectivity index (χ4n) is 3.06. The van der Waals surface area contributed by atoms with Crippen LogP contribution in [0.3, 0.4) is 0 Å². The summed E-state index contributed by atoms with van der Waals surface area (Å²) in [6.07, 6.45) is 1.66. The lowest BCUT2D eigenvalue weighted by Gasteiger charge is -2.11. The van der Waals surface area contributed by atoms with E-state index >= 15 is 0 Å². The highest BCUT2D eigenvalue weighted by Gasteiger charge is 2.18. The van der Waals surface area contributed by atoms with Gasteiger partial charge in [-0.2, -0.15) is 9.78 Å². The second-order valence-electron chi connectivity index (χ2n) is 5.87.